The topological polar surface area (TPSA) is 46.4 Å². The Kier molecular flexibility index (Phi) is 5.22. The Hall–Kier alpha value is -1.92. The lowest BCUT2D eigenvalue weighted by molar-refractivity contribution is -0.00522. The number of aromatic nitrogens is 3. The molecule has 6 heteroatoms. The monoisotopic (exact) mass is 355 g/mol. The lowest BCUT2D eigenvalue weighted by atomic mass is 10.0. The van der Waals surface area contributed by atoms with Crippen molar-refractivity contribution in [3.63, 3.8) is 0 Å². The number of likely N-dealkylation sites (tertiary alicyclic amines) is 1. The quantitative estimate of drug-likeness (QED) is 0.844. The van der Waals surface area contributed by atoms with Gasteiger partial charge in [0.25, 0.3) is 0 Å². The zero-order chi connectivity index (χ0) is 17.9. The first kappa shape index (κ1) is 17.5. The van der Waals surface area contributed by atoms with Crippen LogP contribution in [0.15, 0.2) is 36.9 Å². The van der Waals surface area contributed by atoms with Gasteiger partial charge in [-0.25, -0.2) is 0 Å². The number of nitrogens with zero attached hydrogens (tertiary/aromatic N) is 5. The second-order valence-corrected chi connectivity index (χ2v) is 7.71. The summed E-state index contributed by atoms with van der Waals surface area (Å²) in [5, 5.41) is 4.68. The molecule has 2 aromatic rings. The summed E-state index contributed by atoms with van der Waals surface area (Å²) in [6, 6.07) is 4.67. The van der Waals surface area contributed by atoms with Gasteiger partial charge < -0.3 is 9.64 Å². The van der Waals surface area contributed by atoms with E-state index < -0.39 is 0 Å². The molecule has 0 spiro atoms. The molecular formula is C20H29N5O. The van der Waals surface area contributed by atoms with E-state index in [0.717, 1.165) is 45.6 Å². The van der Waals surface area contributed by atoms with Crippen molar-refractivity contribution in [1.82, 2.24) is 19.7 Å². The van der Waals surface area contributed by atoms with Crippen molar-refractivity contribution in [3.8, 4) is 0 Å². The minimum atomic E-state index is 0.276. The molecule has 2 aliphatic heterocycles. The molecule has 0 N–H and O–H groups in total. The lowest BCUT2D eigenvalue weighted by Gasteiger charge is -2.36. The molecule has 0 aromatic carbocycles. The highest BCUT2D eigenvalue weighted by molar-refractivity contribution is 5.43. The van der Waals surface area contributed by atoms with Gasteiger partial charge in [-0.15, -0.1) is 0 Å². The highest BCUT2D eigenvalue weighted by Crippen LogP contribution is 2.26. The molecule has 6 nitrogen and oxygen atoms in total. The van der Waals surface area contributed by atoms with E-state index in [1.807, 2.05) is 24.7 Å². The van der Waals surface area contributed by atoms with Crippen molar-refractivity contribution in [2.45, 2.75) is 51.5 Å². The van der Waals surface area contributed by atoms with E-state index >= 15 is 0 Å². The number of anilines is 1. The van der Waals surface area contributed by atoms with Crippen molar-refractivity contribution in [1.29, 1.82) is 0 Å². The third-order valence-electron chi connectivity index (χ3n) is 5.43. The molecule has 0 amide bonds. The smallest absolute Gasteiger partial charge is 0.0754 e. The van der Waals surface area contributed by atoms with Gasteiger partial charge in [-0.2, -0.15) is 5.10 Å². The number of morpholine rings is 1. The molecule has 2 aliphatic rings. The molecule has 0 saturated carbocycles. The molecule has 4 rings (SSSR count). The van der Waals surface area contributed by atoms with Crippen LogP contribution in [0, 0.1) is 0 Å². The summed E-state index contributed by atoms with van der Waals surface area (Å²) in [4.78, 5) is 9.14. The zero-order valence-electron chi connectivity index (χ0n) is 15.8. The number of pyridine rings is 1. The van der Waals surface area contributed by atoms with Crippen molar-refractivity contribution in [2.75, 3.05) is 31.1 Å². The Morgan fingerprint density at radius 2 is 1.88 bits per heavy atom. The number of ether oxygens (including phenoxy) is 1. The van der Waals surface area contributed by atoms with Gasteiger partial charge in [-0.1, -0.05) is 6.07 Å². The Labute approximate surface area is 155 Å². The third kappa shape index (κ3) is 4.07. The zero-order valence-corrected chi connectivity index (χ0v) is 15.8. The molecule has 0 bridgehead atoms. The largest absolute Gasteiger partial charge is 0.372 e. The van der Waals surface area contributed by atoms with Gasteiger partial charge in [0.1, 0.15) is 0 Å². The average Bonchev–Trinajstić information content (AvgIpc) is 3.13. The van der Waals surface area contributed by atoms with Crippen LogP contribution in [0.2, 0.25) is 0 Å². The summed E-state index contributed by atoms with van der Waals surface area (Å²) in [6.45, 7) is 9.39. The van der Waals surface area contributed by atoms with Crippen molar-refractivity contribution in [3.05, 3.63) is 42.5 Å². The van der Waals surface area contributed by atoms with Crippen LogP contribution < -0.4 is 4.90 Å². The fourth-order valence-electron chi connectivity index (χ4n) is 4.17. The predicted octanol–water partition coefficient (Wildman–Crippen LogP) is 2.73. The maximum absolute atomic E-state index is 5.84. The molecule has 0 radical (unpaired) electrons. The number of piperidine rings is 1. The normalized spacial score (nSPS) is 25.5. The standard InChI is InChI=1S/C20H29N5O/c1-16-12-24(13-17(2)26-16)20-11-22-25(15-20)19-5-8-23(9-6-19)14-18-4-3-7-21-10-18/h3-4,7,10-11,15-17,19H,5-6,8-9,12-14H2,1-2H3/t16-,17+. The van der Waals surface area contributed by atoms with Gasteiger partial charge in [-0.3, -0.25) is 14.6 Å². The molecule has 4 heterocycles. The SMILES string of the molecule is C[C@@H]1CN(c2cnn(C3CCN(Cc4cccnc4)CC3)c2)C[C@H](C)O1. The minimum absolute atomic E-state index is 0.276. The summed E-state index contributed by atoms with van der Waals surface area (Å²) >= 11 is 0. The molecule has 0 aliphatic carbocycles. The minimum Gasteiger partial charge on any atom is -0.372 e. The molecular weight excluding hydrogens is 326 g/mol. The van der Waals surface area contributed by atoms with Crippen molar-refractivity contribution >= 4 is 5.69 Å². The molecule has 140 valence electrons. The Morgan fingerprint density at radius 1 is 1.12 bits per heavy atom. The molecule has 2 aromatic heterocycles. The van der Waals surface area contributed by atoms with Gasteiger partial charge >= 0.3 is 0 Å². The molecule has 26 heavy (non-hydrogen) atoms. The van der Waals surface area contributed by atoms with E-state index in [4.69, 9.17) is 4.74 Å². The fourth-order valence-corrected chi connectivity index (χ4v) is 4.17. The first-order valence-corrected chi connectivity index (χ1v) is 9.73. The Bertz CT molecular complexity index is 685. The van der Waals surface area contributed by atoms with E-state index in [2.05, 4.69) is 50.7 Å². The summed E-state index contributed by atoms with van der Waals surface area (Å²) in [6.07, 6.45) is 10.9. The average molecular weight is 355 g/mol. The maximum atomic E-state index is 5.84. The van der Waals surface area contributed by atoms with Crippen LogP contribution in [0.5, 0.6) is 0 Å². The fraction of sp³-hybridized carbons (Fsp3) is 0.600. The van der Waals surface area contributed by atoms with Crippen LogP contribution in [0.4, 0.5) is 5.69 Å². The summed E-state index contributed by atoms with van der Waals surface area (Å²) in [7, 11) is 0. The number of hydrogen-bond donors (Lipinski definition) is 0. The highest BCUT2D eigenvalue weighted by Gasteiger charge is 2.25. The summed E-state index contributed by atoms with van der Waals surface area (Å²) in [5.41, 5.74) is 2.52. The van der Waals surface area contributed by atoms with Crippen LogP contribution in [0.25, 0.3) is 0 Å². The maximum Gasteiger partial charge on any atom is 0.0754 e. The van der Waals surface area contributed by atoms with Crippen LogP contribution in [-0.4, -0.2) is 58.1 Å². The number of rotatable bonds is 4. The van der Waals surface area contributed by atoms with Crippen LogP contribution in [0.1, 0.15) is 38.3 Å². The van der Waals surface area contributed by atoms with E-state index in [1.165, 1.54) is 11.3 Å². The molecule has 2 fully saturated rings. The van der Waals surface area contributed by atoms with E-state index in [-0.39, 0.29) is 12.2 Å². The van der Waals surface area contributed by atoms with Gasteiger partial charge in [0.05, 0.1) is 30.1 Å². The van der Waals surface area contributed by atoms with Gasteiger partial charge in [0.2, 0.25) is 0 Å². The molecule has 2 saturated heterocycles. The lowest BCUT2D eigenvalue weighted by Crippen LogP contribution is -2.45. The highest BCUT2D eigenvalue weighted by atomic mass is 16.5. The summed E-state index contributed by atoms with van der Waals surface area (Å²) < 4.78 is 8.02. The summed E-state index contributed by atoms with van der Waals surface area (Å²) in [5.74, 6) is 0. The van der Waals surface area contributed by atoms with E-state index in [0.29, 0.717) is 6.04 Å². The van der Waals surface area contributed by atoms with Crippen LogP contribution in [0.3, 0.4) is 0 Å². The van der Waals surface area contributed by atoms with Crippen LogP contribution in [-0.2, 0) is 11.3 Å². The van der Waals surface area contributed by atoms with E-state index in [9.17, 15) is 0 Å². The third-order valence-corrected chi connectivity index (χ3v) is 5.43. The van der Waals surface area contributed by atoms with Crippen molar-refractivity contribution < 1.29 is 4.74 Å². The first-order chi connectivity index (χ1) is 12.7. The van der Waals surface area contributed by atoms with Gasteiger partial charge in [-0.05, 0) is 38.3 Å². The first-order valence-electron chi connectivity index (χ1n) is 9.73. The predicted molar refractivity (Wildman–Crippen MR) is 102 cm³/mol. The second kappa shape index (κ2) is 7.76. The molecule has 2 atom stereocenters. The van der Waals surface area contributed by atoms with E-state index in [1.54, 1.807) is 0 Å². The van der Waals surface area contributed by atoms with Crippen LogP contribution >= 0.6 is 0 Å². The number of hydrogen-bond acceptors (Lipinski definition) is 5. The Balaban J connectivity index is 1.33. The van der Waals surface area contributed by atoms with Gasteiger partial charge in [0, 0.05) is 51.3 Å². The Morgan fingerprint density at radius 3 is 2.58 bits per heavy atom. The van der Waals surface area contributed by atoms with Crippen molar-refractivity contribution in [2.24, 2.45) is 0 Å². The second-order valence-electron chi connectivity index (χ2n) is 7.71. The molecule has 0 unspecified atom stereocenters. The van der Waals surface area contributed by atoms with Gasteiger partial charge in [0.15, 0.2) is 0 Å².